The van der Waals surface area contributed by atoms with E-state index in [4.69, 9.17) is 11.3 Å². The third-order valence-electron chi connectivity index (χ3n) is 12.9. The molecule has 1 unspecified atom stereocenters. The largest absolute Gasteiger partial charge is 0.489 e. The molecular weight excluding hydrogens is 717 g/mol. The molecule has 1 aromatic heterocycles. The van der Waals surface area contributed by atoms with Crippen molar-refractivity contribution in [3.63, 3.8) is 0 Å². The Kier molecular flexibility index (Phi) is 11.5. The number of ether oxygens (including phenoxy) is 1. The Morgan fingerprint density at radius 1 is 0.842 bits per heavy atom. The Hall–Kier alpha value is -5.15. The maximum atomic E-state index is 13.6. The van der Waals surface area contributed by atoms with Crippen LogP contribution in [0.1, 0.15) is 85.2 Å². The number of carbonyl (C=O) groups excluding carboxylic acids is 3. The Morgan fingerprint density at radius 2 is 1.47 bits per heavy atom. The zero-order valence-electron chi connectivity index (χ0n) is 34.4. The maximum Gasteiger partial charge on any atom is 0.253 e. The molecule has 1 aliphatic carbocycles. The van der Waals surface area contributed by atoms with E-state index in [9.17, 15) is 14.4 Å². The number of carbonyl (C=O) groups is 3. The van der Waals surface area contributed by atoms with Crippen LogP contribution in [0.25, 0.3) is 4.85 Å². The maximum absolute atomic E-state index is 13.6. The van der Waals surface area contributed by atoms with Crippen LogP contribution in [-0.4, -0.2) is 98.2 Å². The molecule has 12 heteroatoms. The summed E-state index contributed by atoms with van der Waals surface area (Å²) < 4.78 is 6.56. The quantitative estimate of drug-likeness (QED) is 0.218. The van der Waals surface area contributed by atoms with Crippen LogP contribution in [0, 0.1) is 37.2 Å². The fourth-order valence-corrected chi connectivity index (χ4v) is 9.91. The molecule has 12 nitrogen and oxygen atoms in total. The molecule has 7 rings (SSSR count). The van der Waals surface area contributed by atoms with Gasteiger partial charge in [-0.3, -0.25) is 24.3 Å². The molecule has 0 radical (unpaired) electrons. The third-order valence-corrected chi connectivity index (χ3v) is 12.9. The van der Waals surface area contributed by atoms with Gasteiger partial charge in [-0.15, -0.1) is 0 Å². The average Bonchev–Trinajstić information content (AvgIpc) is 3.20. The Bertz CT molecular complexity index is 1960. The normalized spacial score (nSPS) is 23.5. The van der Waals surface area contributed by atoms with Gasteiger partial charge in [0.15, 0.2) is 5.69 Å². The molecule has 3 N–H and O–H groups in total. The second-order valence-electron chi connectivity index (χ2n) is 17.8. The molecule has 57 heavy (non-hydrogen) atoms. The minimum absolute atomic E-state index is 0.0343. The SMILES string of the molecule is [C-]#[N+]c1c(C)cc(OC2C(C)(C)C(NC(=O)c3ccc(N4CCC(CN5CCN(c6cncc(C(=O)NC7CCC(=O)NC7)c6)CC5)CC4)cc3)C2(C)C)cc1C. The molecule has 4 heterocycles. The fraction of sp³-hybridized carbons (Fsp3) is 0.533. The second kappa shape index (κ2) is 16.4. The smallest absolute Gasteiger partial charge is 0.253 e. The van der Waals surface area contributed by atoms with Gasteiger partial charge >= 0.3 is 0 Å². The molecule has 4 fully saturated rings. The Labute approximate surface area is 337 Å². The lowest BCUT2D eigenvalue weighted by Gasteiger charge is -2.63. The fourth-order valence-electron chi connectivity index (χ4n) is 9.91. The summed E-state index contributed by atoms with van der Waals surface area (Å²) in [4.78, 5) is 53.3. The highest BCUT2D eigenvalue weighted by molar-refractivity contribution is 5.95. The number of rotatable bonds is 10. The van der Waals surface area contributed by atoms with Crippen molar-refractivity contribution >= 4 is 34.8 Å². The molecular formula is C45H58N8O4. The summed E-state index contributed by atoms with van der Waals surface area (Å²) in [7, 11) is 0. The molecule has 2 aromatic carbocycles. The van der Waals surface area contributed by atoms with E-state index in [0.29, 0.717) is 42.1 Å². The van der Waals surface area contributed by atoms with Crippen molar-refractivity contribution in [3.8, 4) is 5.75 Å². The lowest BCUT2D eigenvalue weighted by atomic mass is 9.49. The van der Waals surface area contributed by atoms with Crippen molar-refractivity contribution in [1.82, 2.24) is 25.8 Å². The minimum atomic E-state index is -0.294. The molecule has 302 valence electrons. The van der Waals surface area contributed by atoms with Crippen LogP contribution in [0.15, 0.2) is 54.9 Å². The first-order valence-corrected chi connectivity index (χ1v) is 20.5. The van der Waals surface area contributed by atoms with Gasteiger partial charge in [0.1, 0.15) is 11.9 Å². The number of aryl methyl sites for hydroxylation is 2. The molecule has 3 aliphatic heterocycles. The first kappa shape index (κ1) is 40.1. The van der Waals surface area contributed by atoms with Crippen molar-refractivity contribution < 1.29 is 19.1 Å². The first-order chi connectivity index (χ1) is 27.2. The zero-order valence-corrected chi connectivity index (χ0v) is 34.4. The highest BCUT2D eigenvalue weighted by Crippen LogP contribution is 2.55. The van der Waals surface area contributed by atoms with Gasteiger partial charge in [-0.1, -0.05) is 27.7 Å². The lowest BCUT2D eigenvalue weighted by Crippen LogP contribution is -2.74. The number of amides is 3. The van der Waals surface area contributed by atoms with Crippen molar-refractivity contribution in [2.45, 2.75) is 85.4 Å². The van der Waals surface area contributed by atoms with Gasteiger partial charge < -0.3 is 30.5 Å². The van der Waals surface area contributed by atoms with Gasteiger partial charge in [-0.05, 0) is 92.6 Å². The standard InChI is InChI=1S/C45H58N8O4/c1-29-22-37(23-30(2)39(29)46-7)57-43-44(3,4)42(45(43,5)6)50-40(55)32-8-11-35(12-9-32)52-16-14-31(15-17-52)28-51-18-20-53(21-19-51)36-24-33(25-47-27-36)41(56)49-34-10-13-38(54)48-26-34/h8-9,11-12,22-25,27,31,34,42-43H,10,13-21,26,28H2,1-6H3,(H,48,54)(H,49,56)(H,50,55). The molecule has 3 aromatic rings. The van der Waals surface area contributed by atoms with E-state index < -0.39 is 0 Å². The van der Waals surface area contributed by atoms with Crippen LogP contribution in [-0.2, 0) is 4.79 Å². The molecule has 3 amide bonds. The number of pyridine rings is 1. The predicted molar refractivity (Wildman–Crippen MR) is 223 cm³/mol. The number of piperazine rings is 1. The Balaban J connectivity index is 0.848. The summed E-state index contributed by atoms with van der Waals surface area (Å²) in [6.07, 6.45) is 6.69. The van der Waals surface area contributed by atoms with E-state index in [1.807, 2.05) is 50.4 Å². The van der Waals surface area contributed by atoms with Crippen LogP contribution >= 0.6 is 0 Å². The van der Waals surface area contributed by atoms with E-state index in [0.717, 1.165) is 86.9 Å². The topological polar surface area (TPSA) is 124 Å². The molecule has 1 atom stereocenters. The van der Waals surface area contributed by atoms with E-state index in [1.165, 1.54) is 0 Å². The number of nitrogens with zero attached hydrogens (tertiary/aromatic N) is 5. The van der Waals surface area contributed by atoms with Crippen molar-refractivity contribution in [2.75, 3.05) is 62.2 Å². The summed E-state index contributed by atoms with van der Waals surface area (Å²) in [6.45, 7) is 27.2. The summed E-state index contributed by atoms with van der Waals surface area (Å²) >= 11 is 0. The van der Waals surface area contributed by atoms with Crippen molar-refractivity contribution in [1.29, 1.82) is 0 Å². The summed E-state index contributed by atoms with van der Waals surface area (Å²) in [5.74, 6) is 1.22. The summed E-state index contributed by atoms with van der Waals surface area (Å²) in [5.41, 5.74) is 5.24. The van der Waals surface area contributed by atoms with E-state index in [-0.39, 0.29) is 46.7 Å². The van der Waals surface area contributed by atoms with Crippen LogP contribution in [0.4, 0.5) is 17.1 Å². The van der Waals surface area contributed by atoms with Gasteiger partial charge in [-0.25, -0.2) is 4.85 Å². The second-order valence-corrected chi connectivity index (χ2v) is 17.8. The third kappa shape index (κ3) is 8.59. The van der Waals surface area contributed by atoms with Gasteiger partial charge in [0.05, 0.1) is 24.0 Å². The van der Waals surface area contributed by atoms with E-state index in [2.05, 4.69) is 80.3 Å². The zero-order chi connectivity index (χ0) is 40.5. The predicted octanol–water partition coefficient (Wildman–Crippen LogP) is 5.91. The van der Waals surface area contributed by atoms with E-state index in [1.54, 1.807) is 6.20 Å². The first-order valence-electron chi connectivity index (χ1n) is 20.5. The summed E-state index contributed by atoms with van der Waals surface area (Å²) in [5, 5.41) is 9.19. The molecule has 4 aliphatic rings. The molecule has 1 saturated carbocycles. The molecule has 3 saturated heterocycles. The van der Waals surface area contributed by atoms with E-state index >= 15 is 0 Å². The van der Waals surface area contributed by atoms with Crippen LogP contribution < -0.4 is 30.5 Å². The summed E-state index contributed by atoms with van der Waals surface area (Å²) in [6, 6.07) is 13.7. The number of hydrogen-bond donors (Lipinski definition) is 3. The van der Waals surface area contributed by atoms with Gasteiger partial charge in [0.25, 0.3) is 11.8 Å². The van der Waals surface area contributed by atoms with Crippen LogP contribution in [0.2, 0.25) is 0 Å². The number of benzene rings is 2. The van der Waals surface area contributed by atoms with Gasteiger partial charge in [0, 0.05) is 99.1 Å². The van der Waals surface area contributed by atoms with Gasteiger partial charge in [0.2, 0.25) is 5.91 Å². The van der Waals surface area contributed by atoms with Crippen molar-refractivity contribution in [2.24, 2.45) is 16.7 Å². The monoisotopic (exact) mass is 774 g/mol. The number of aromatic nitrogens is 1. The van der Waals surface area contributed by atoms with Crippen LogP contribution in [0.5, 0.6) is 5.75 Å². The molecule has 0 spiro atoms. The highest BCUT2D eigenvalue weighted by Gasteiger charge is 2.64. The lowest BCUT2D eigenvalue weighted by molar-refractivity contribution is -0.164. The minimum Gasteiger partial charge on any atom is -0.489 e. The highest BCUT2D eigenvalue weighted by atomic mass is 16.5. The van der Waals surface area contributed by atoms with Crippen molar-refractivity contribution in [3.05, 3.63) is 88.5 Å². The number of anilines is 2. The number of piperidine rings is 2. The number of hydrogen-bond acceptors (Lipinski definition) is 8. The molecule has 0 bridgehead atoms. The van der Waals surface area contributed by atoms with Gasteiger partial charge in [-0.2, -0.15) is 0 Å². The average molecular weight is 775 g/mol. The van der Waals surface area contributed by atoms with Crippen LogP contribution in [0.3, 0.4) is 0 Å². The Morgan fingerprint density at radius 3 is 2.09 bits per heavy atom. The number of nitrogens with one attached hydrogen (secondary N) is 3.